The first-order valence-electron chi connectivity index (χ1n) is 6.65. The Hall–Kier alpha value is -0.280. The van der Waals surface area contributed by atoms with Gasteiger partial charge in [0.05, 0.1) is 0 Å². The van der Waals surface area contributed by atoms with Crippen molar-refractivity contribution in [2.24, 2.45) is 29.4 Å². The molecule has 4 heteroatoms. The van der Waals surface area contributed by atoms with Gasteiger partial charge in [-0.3, -0.25) is 4.79 Å². The molecule has 100 valence electrons. The van der Waals surface area contributed by atoms with Gasteiger partial charge in [-0.2, -0.15) is 0 Å². The number of fused-ring (bicyclic) bond motifs is 2. The lowest BCUT2D eigenvalue weighted by Crippen LogP contribution is -2.33. The second kappa shape index (κ2) is 6.60. The van der Waals surface area contributed by atoms with Crippen LogP contribution in [0.25, 0.3) is 0 Å². The minimum atomic E-state index is 0. The molecule has 4 unspecified atom stereocenters. The zero-order valence-electron chi connectivity index (χ0n) is 10.7. The summed E-state index contributed by atoms with van der Waals surface area (Å²) in [4.78, 5) is 11.7. The third-order valence-corrected chi connectivity index (χ3v) is 4.38. The molecule has 1 amide bonds. The maximum atomic E-state index is 11.7. The third kappa shape index (κ3) is 3.85. The fourth-order valence-corrected chi connectivity index (χ4v) is 3.31. The maximum absolute atomic E-state index is 11.7. The van der Waals surface area contributed by atoms with E-state index in [4.69, 9.17) is 5.73 Å². The van der Waals surface area contributed by atoms with Crippen molar-refractivity contribution in [2.75, 3.05) is 13.1 Å². The van der Waals surface area contributed by atoms with Crippen molar-refractivity contribution in [1.29, 1.82) is 0 Å². The largest absolute Gasteiger partial charge is 0.356 e. The zero-order chi connectivity index (χ0) is 11.5. The number of halogens is 1. The minimum absolute atomic E-state index is 0. The number of nitrogens with one attached hydrogen (secondary N) is 1. The molecule has 0 saturated heterocycles. The van der Waals surface area contributed by atoms with Gasteiger partial charge in [0.2, 0.25) is 5.91 Å². The number of rotatable bonds is 5. The van der Waals surface area contributed by atoms with E-state index >= 15 is 0 Å². The van der Waals surface area contributed by atoms with E-state index in [2.05, 4.69) is 12.2 Å². The quantitative estimate of drug-likeness (QED) is 0.794. The Morgan fingerprint density at radius 3 is 2.71 bits per heavy atom. The molecular weight excluding hydrogens is 236 g/mol. The van der Waals surface area contributed by atoms with E-state index in [-0.39, 0.29) is 18.3 Å². The van der Waals surface area contributed by atoms with Gasteiger partial charge in [-0.1, -0.05) is 13.3 Å². The summed E-state index contributed by atoms with van der Waals surface area (Å²) < 4.78 is 0. The number of hydrogen-bond donors (Lipinski definition) is 2. The van der Waals surface area contributed by atoms with Crippen molar-refractivity contribution in [3.05, 3.63) is 0 Å². The molecule has 0 aromatic carbocycles. The van der Waals surface area contributed by atoms with Gasteiger partial charge < -0.3 is 11.1 Å². The van der Waals surface area contributed by atoms with Crippen LogP contribution in [0, 0.1) is 23.7 Å². The molecule has 3 nitrogen and oxygen atoms in total. The summed E-state index contributed by atoms with van der Waals surface area (Å²) in [6, 6.07) is 0. The lowest BCUT2D eigenvalue weighted by atomic mass is 9.86. The summed E-state index contributed by atoms with van der Waals surface area (Å²) in [5.74, 6) is 3.09. The SMILES string of the molecule is CC(CN)CNC(=O)CC1CC2CCC1C2.Cl. The monoisotopic (exact) mass is 260 g/mol. The molecule has 4 atom stereocenters. The number of nitrogens with two attached hydrogens (primary N) is 1. The molecule has 0 aromatic heterocycles. The number of carbonyl (C=O) groups is 1. The second-order valence-corrected chi connectivity index (χ2v) is 5.78. The predicted molar refractivity (Wildman–Crippen MR) is 72.0 cm³/mol. The number of carbonyl (C=O) groups excluding carboxylic acids is 1. The van der Waals surface area contributed by atoms with Crippen molar-refractivity contribution in [3.63, 3.8) is 0 Å². The Morgan fingerprint density at radius 1 is 1.41 bits per heavy atom. The van der Waals surface area contributed by atoms with Crippen molar-refractivity contribution in [1.82, 2.24) is 5.32 Å². The summed E-state index contributed by atoms with van der Waals surface area (Å²) in [7, 11) is 0. The number of amides is 1. The topological polar surface area (TPSA) is 55.1 Å². The van der Waals surface area contributed by atoms with Crippen LogP contribution >= 0.6 is 12.4 Å². The van der Waals surface area contributed by atoms with E-state index in [1.54, 1.807) is 0 Å². The lowest BCUT2D eigenvalue weighted by molar-refractivity contribution is -0.122. The van der Waals surface area contributed by atoms with Crippen LogP contribution in [0.4, 0.5) is 0 Å². The maximum Gasteiger partial charge on any atom is 0.220 e. The van der Waals surface area contributed by atoms with Gasteiger partial charge in [0.1, 0.15) is 0 Å². The Bertz CT molecular complexity index is 260. The number of hydrogen-bond acceptors (Lipinski definition) is 2. The Balaban J connectivity index is 0.00000144. The molecule has 2 bridgehead atoms. The zero-order valence-corrected chi connectivity index (χ0v) is 11.5. The first kappa shape index (κ1) is 14.8. The van der Waals surface area contributed by atoms with Gasteiger partial charge in [0, 0.05) is 13.0 Å². The first-order chi connectivity index (χ1) is 7.69. The van der Waals surface area contributed by atoms with Gasteiger partial charge >= 0.3 is 0 Å². The molecule has 0 spiro atoms. The molecule has 17 heavy (non-hydrogen) atoms. The predicted octanol–water partition coefficient (Wildman–Crippen LogP) is 1.95. The summed E-state index contributed by atoms with van der Waals surface area (Å²) in [6.07, 6.45) is 6.20. The molecule has 2 saturated carbocycles. The lowest BCUT2D eigenvalue weighted by Gasteiger charge is -2.21. The summed E-state index contributed by atoms with van der Waals surface area (Å²) in [5, 5.41) is 3.00. The Morgan fingerprint density at radius 2 is 2.18 bits per heavy atom. The van der Waals surface area contributed by atoms with Crippen molar-refractivity contribution in [3.8, 4) is 0 Å². The highest BCUT2D eigenvalue weighted by molar-refractivity contribution is 5.85. The molecule has 0 heterocycles. The van der Waals surface area contributed by atoms with Crippen LogP contribution in [0.5, 0.6) is 0 Å². The molecule has 2 aliphatic rings. The second-order valence-electron chi connectivity index (χ2n) is 5.78. The van der Waals surface area contributed by atoms with E-state index in [0.717, 1.165) is 24.8 Å². The summed E-state index contributed by atoms with van der Waals surface area (Å²) in [5.41, 5.74) is 5.52. The molecule has 0 aliphatic heterocycles. The molecule has 2 rings (SSSR count). The fraction of sp³-hybridized carbons (Fsp3) is 0.923. The van der Waals surface area contributed by atoms with Crippen molar-refractivity contribution >= 4 is 18.3 Å². The van der Waals surface area contributed by atoms with Gasteiger partial charge in [0.25, 0.3) is 0 Å². The van der Waals surface area contributed by atoms with Crippen molar-refractivity contribution in [2.45, 2.75) is 39.0 Å². The summed E-state index contributed by atoms with van der Waals surface area (Å²) >= 11 is 0. The minimum Gasteiger partial charge on any atom is -0.356 e. The molecule has 0 radical (unpaired) electrons. The van der Waals surface area contributed by atoms with Gasteiger partial charge in [-0.05, 0) is 49.5 Å². The average Bonchev–Trinajstić information content (AvgIpc) is 2.87. The molecule has 2 fully saturated rings. The van der Waals surface area contributed by atoms with Crippen molar-refractivity contribution < 1.29 is 4.79 Å². The van der Waals surface area contributed by atoms with Gasteiger partial charge in [0.15, 0.2) is 0 Å². The van der Waals surface area contributed by atoms with E-state index < -0.39 is 0 Å². The van der Waals surface area contributed by atoms with Gasteiger partial charge in [-0.25, -0.2) is 0 Å². The highest BCUT2D eigenvalue weighted by Crippen LogP contribution is 2.49. The van der Waals surface area contributed by atoms with Crippen LogP contribution in [0.15, 0.2) is 0 Å². The van der Waals surface area contributed by atoms with E-state index in [1.807, 2.05) is 0 Å². The fourth-order valence-electron chi connectivity index (χ4n) is 3.31. The highest BCUT2D eigenvalue weighted by atomic mass is 35.5. The molecule has 3 N–H and O–H groups in total. The van der Waals surface area contributed by atoms with Crippen LogP contribution in [0.3, 0.4) is 0 Å². The van der Waals surface area contributed by atoms with Crippen LogP contribution in [-0.4, -0.2) is 19.0 Å². The Kier molecular flexibility index (Phi) is 5.74. The smallest absolute Gasteiger partial charge is 0.220 e. The van der Waals surface area contributed by atoms with Crippen LogP contribution in [0.1, 0.15) is 39.0 Å². The highest BCUT2D eigenvalue weighted by Gasteiger charge is 2.39. The van der Waals surface area contributed by atoms with E-state index in [9.17, 15) is 4.79 Å². The van der Waals surface area contributed by atoms with E-state index in [1.165, 1.54) is 25.7 Å². The molecule has 2 aliphatic carbocycles. The molecular formula is C13H25ClN2O. The third-order valence-electron chi connectivity index (χ3n) is 4.38. The Labute approximate surface area is 110 Å². The van der Waals surface area contributed by atoms with Crippen LogP contribution < -0.4 is 11.1 Å². The first-order valence-corrected chi connectivity index (χ1v) is 6.65. The molecule has 0 aromatic rings. The van der Waals surface area contributed by atoms with Crippen LogP contribution in [-0.2, 0) is 4.79 Å². The van der Waals surface area contributed by atoms with E-state index in [0.29, 0.717) is 18.4 Å². The normalized spacial score (nSPS) is 32.0. The average molecular weight is 261 g/mol. The standard InChI is InChI=1S/C13H24N2O.ClH/c1-9(7-14)8-15-13(16)6-12-5-10-2-3-11(12)4-10;/h9-12H,2-8,14H2,1H3,(H,15,16);1H. The van der Waals surface area contributed by atoms with Crippen LogP contribution in [0.2, 0.25) is 0 Å². The van der Waals surface area contributed by atoms with Gasteiger partial charge in [-0.15, -0.1) is 12.4 Å². The summed E-state index contributed by atoms with van der Waals surface area (Å²) in [6.45, 7) is 3.45.